The van der Waals surface area contributed by atoms with E-state index in [1.165, 1.54) is 50.7 Å². The molecule has 1 fully saturated rings. The second-order valence-corrected chi connectivity index (χ2v) is 5.99. The minimum absolute atomic E-state index is 0.729. The highest BCUT2D eigenvalue weighted by atomic mass is 32.2. The van der Waals surface area contributed by atoms with Crippen molar-refractivity contribution in [3.05, 3.63) is 0 Å². The third-order valence-electron chi connectivity index (χ3n) is 3.40. The molecule has 1 N–H and O–H groups in total. The molecule has 0 heterocycles. The average Bonchev–Trinajstić information content (AvgIpc) is 2.27. The summed E-state index contributed by atoms with van der Waals surface area (Å²) in [5.74, 6) is 1.25. The van der Waals surface area contributed by atoms with Gasteiger partial charge in [-0.25, -0.2) is 0 Å². The zero-order chi connectivity index (χ0) is 11.6. The molecule has 2 atom stereocenters. The van der Waals surface area contributed by atoms with Gasteiger partial charge < -0.3 is 10.1 Å². The average molecular weight is 245 g/mol. The second kappa shape index (κ2) is 9.32. The van der Waals surface area contributed by atoms with Gasteiger partial charge in [0.15, 0.2) is 0 Å². The van der Waals surface area contributed by atoms with E-state index in [2.05, 4.69) is 24.1 Å². The van der Waals surface area contributed by atoms with Gasteiger partial charge in [0.25, 0.3) is 0 Å². The molecule has 1 saturated carbocycles. The van der Waals surface area contributed by atoms with Gasteiger partial charge in [-0.2, -0.15) is 11.8 Å². The lowest BCUT2D eigenvalue weighted by molar-refractivity contribution is 0.200. The summed E-state index contributed by atoms with van der Waals surface area (Å²) in [6.07, 6.45) is 9.63. The molecule has 2 nitrogen and oxygen atoms in total. The molecule has 0 saturated heterocycles. The molecule has 0 radical (unpaired) electrons. The molecule has 0 aromatic heterocycles. The SMILES string of the molecule is CNC1CCCCCCC1SCCCOC. The van der Waals surface area contributed by atoms with Gasteiger partial charge in [-0.1, -0.05) is 25.7 Å². The van der Waals surface area contributed by atoms with Crippen molar-refractivity contribution in [2.75, 3.05) is 26.5 Å². The van der Waals surface area contributed by atoms with Crippen molar-refractivity contribution in [3.63, 3.8) is 0 Å². The van der Waals surface area contributed by atoms with Crippen LogP contribution in [0.4, 0.5) is 0 Å². The van der Waals surface area contributed by atoms with Crippen LogP contribution in [0.1, 0.15) is 44.9 Å². The largest absolute Gasteiger partial charge is 0.385 e. The van der Waals surface area contributed by atoms with E-state index in [-0.39, 0.29) is 0 Å². The van der Waals surface area contributed by atoms with Crippen LogP contribution < -0.4 is 5.32 Å². The van der Waals surface area contributed by atoms with E-state index in [0.717, 1.165) is 17.9 Å². The zero-order valence-electron chi connectivity index (χ0n) is 10.8. The monoisotopic (exact) mass is 245 g/mol. The van der Waals surface area contributed by atoms with Crippen molar-refractivity contribution in [2.24, 2.45) is 0 Å². The molecule has 0 amide bonds. The van der Waals surface area contributed by atoms with Crippen LogP contribution in [0, 0.1) is 0 Å². The number of hydrogen-bond acceptors (Lipinski definition) is 3. The van der Waals surface area contributed by atoms with E-state index in [1.807, 2.05) is 0 Å². The summed E-state index contributed by atoms with van der Waals surface area (Å²) in [5.41, 5.74) is 0. The highest BCUT2D eigenvalue weighted by Gasteiger charge is 2.21. The molecule has 0 bridgehead atoms. The van der Waals surface area contributed by atoms with Gasteiger partial charge >= 0.3 is 0 Å². The molecule has 0 aliphatic heterocycles. The van der Waals surface area contributed by atoms with E-state index in [1.54, 1.807) is 7.11 Å². The summed E-state index contributed by atoms with van der Waals surface area (Å²) in [5, 5.41) is 4.33. The normalized spacial score (nSPS) is 27.4. The smallest absolute Gasteiger partial charge is 0.0470 e. The quantitative estimate of drug-likeness (QED) is 0.727. The van der Waals surface area contributed by atoms with E-state index in [4.69, 9.17) is 4.74 Å². The maximum Gasteiger partial charge on any atom is 0.0470 e. The van der Waals surface area contributed by atoms with E-state index in [9.17, 15) is 0 Å². The summed E-state index contributed by atoms with van der Waals surface area (Å²) in [6.45, 7) is 0.907. The molecule has 1 rings (SSSR count). The van der Waals surface area contributed by atoms with Crippen LogP contribution in [0.15, 0.2) is 0 Å². The van der Waals surface area contributed by atoms with E-state index in [0.29, 0.717) is 0 Å². The van der Waals surface area contributed by atoms with Crippen molar-refractivity contribution in [3.8, 4) is 0 Å². The van der Waals surface area contributed by atoms with Crippen molar-refractivity contribution < 1.29 is 4.74 Å². The Balaban J connectivity index is 2.26. The highest BCUT2D eigenvalue weighted by molar-refractivity contribution is 7.99. The Hall–Kier alpha value is 0.270. The zero-order valence-corrected chi connectivity index (χ0v) is 11.7. The predicted molar refractivity (Wildman–Crippen MR) is 73.3 cm³/mol. The maximum atomic E-state index is 5.10. The molecule has 0 spiro atoms. The van der Waals surface area contributed by atoms with Gasteiger partial charge in [0.2, 0.25) is 0 Å². The molecule has 2 unspecified atom stereocenters. The Morgan fingerprint density at radius 2 is 1.94 bits per heavy atom. The Morgan fingerprint density at radius 1 is 1.19 bits per heavy atom. The van der Waals surface area contributed by atoms with Crippen LogP contribution in [0.25, 0.3) is 0 Å². The van der Waals surface area contributed by atoms with Gasteiger partial charge in [0.1, 0.15) is 0 Å². The lowest BCUT2D eigenvalue weighted by Crippen LogP contribution is -2.36. The number of ether oxygens (including phenoxy) is 1. The molecule has 96 valence electrons. The van der Waals surface area contributed by atoms with E-state index < -0.39 is 0 Å². The Morgan fingerprint density at radius 3 is 2.62 bits per heavy atom. The van der Waals surface area contributed by atoms with Gasteiger partial charge in [-0.3, -0.25) is 0 Å². The minimum atomic E-state index is 0.729. The standard InChI is InChI=1S/C13H27NOS/c1-14-12-8-5-3-4-6-9-13(12)16-11-7-10-15-2/h12-14H,3-11H2,1-2H3. The molecular formula is C13H27NOS. The van der Waals surface area contributed by atoms with Gasteiger partial charge in [-0.05, 0) is 32.1 Å². The van der Waals surface area contributed by atoms with E-state index >= 15 is 0 Å². The summed E-state index contributed by atoms with van der Waals surface area (Å²) >= 11 is 2.15. The fourth-order valence-electron chi connectivity index (χ4n) is 2.42. The summed E-state index contributed by atoms with van der Waals surface area (Å²) in [6, 6.07) is 0.729. The molecule has 1 aliphatic carbocycles. The first-order valence-electron chi connectivity index (χ1n) is 6.66. The van der Waals surface area contributed by atoms with Crippen LogP contribution in [-0.2, 0) is 4.74 Å². The molecule has 3 heteroatoms. The number of thioether (sulfide) groups is 1. The topological polar surface area (TPSA) is 21.3 Å². The fourth-order valence-corrected chi connectivity index (χ4v) is 3.84. The molecule has 1 aliphatic rings. The van der Waals surface area contributed by atoms with Gasteiger partial charge in [0.05, 0.1) is 0 Å². The first kappa shape index (κ1) is 14.3. The molecule has 16 heavy (non-hydrogen) atoms. The molecular weight excluding hydrogens is 218 g/mol. The molecule has 0 aromatic carbocycles. The van der Waals surface area contributed by atoms with Crippen molar-refractivity contribution >= 4 is 11.8 Å². The van der Waals surface area contributed by atoms with Gasteiger partial charge in [-0.15, -0.1) is 0 Å². The number of methoxy groups -OCH3 is 1. The Kier molecular flexibility index (Phi) is 8.34. The van der Waals surface area contributed by atoms with Crippen LogP contribution in [-0.4, -0.2) is 37.8 Å². The first-order chi connectivity index (χ1) is 7.88. The van der Waals surface area contributed by atoms with Crippen molar-refractivity contribution in [1.82, 2.24) is 5.32 Å². The van der Waals surface area contributed by atoms with Crippen molar-refractivity contribution in [2.45, 2.75) is 56.2 Å². The van der Waals surface area contributed by atoms with Crippen LogP contribution in [0.2, 0.25) is 0 Å². The number of hydrogen-bond donors (Lipinski definition) is 1. The summed E-state index contributed by atoms with van der Waals surface area (Å²) in [7, 11) is 3.91. The third kappa shape index (κ3) is 5.55. The maximum absolute atomic E-state index is 5.10. The Bertz CT molecular complexity index is 166. The van der Waals surface area contributed by atoms with Crippen molar-refractivity contribution in [1.29, 1.82) is 0 Å². The number of nitrogens with one attached hydrogen (secondary N) is 1. The summed E-state index contributed by atoms with van der Waals surface area (Å²) in [4.78, 5) is 0. The van der Waals surface area contributed by atoms with Gasteiger partial charge in [0, 0.05) is 25.0 Å². The molecule has 0 aromatic rings. The van der Waals surface area contributed by atoms with Crippen LogP contribution in [0.3, 0.4) is 0 Å². The lowest BCUT2D eigenvalue weighted by Gasteiger charge is -2.28. The predicted octanol–water partition coefficient (Wildman–Crippen LogP) is 3.07. The summed E-state index contributed by atoms with van der Waals surface area (Å²) < 4.78 is 5.10. The minimum Gasteiger partial charge on any atom is -0.385 e. The second-order valence-electron chi connectivity index (χ2n) is 4.64. The number of rotatable bonds is 6. The lowest BCUT2D eigenvalue weighted by atomic mass is 9.96. The Labute approximate surface area is 105 Å². The van der Waals surface area contributed by atoms with Crippen LogP contribution >= 0.6 is 11.8 Å². The third-order valence-corrected chi connectivity index (χ3v) is 4.91. The first-order valence-corrected chi connectivity index (χ1v) is 7.71. The van der Waals surface area contributed by atoms with Crippen LogP contribution in [0.5, 0.6) is 0 Å². The highest BCUT2D eigenvalue weighted by Crippen LogP contribution is 2.27. The fraction of sp³-hybridized carbons (Fsp3) is 1.00.